The van der Waals surface area contributed by atoms with Crippen LogP contribution >= 0.6 is 0 Å². The van der Waals surface area contributed by atoms with Crippen LogP contribution in [0, 0.1) is 18.3 Å². The molecule has 0 bridgehead atoms. The lowest BCUT2D eigenvalue weighted by Crippen LogP contribution is -2.20. The van der Waals surface area contributed by atoms with Crippen molar-refractivity contribution < 1.29 is 14.3 Å². The number of hydrogen-bond donors (Lipinski definition) is 1. The maximum atomic E-state index is 12.0. The fraction of sp³-hybridized carbons (Fsp3) is 0.200. The first kappa shape index (κ1) is 18.1. The van der Waals surface area contributed by atoms with Gasteiger partial charge in [-0.3, -0.25) is 4.79 Å². The predicted molar refractivity (Wildman–Crippen MR) is 96.2 cm³/mol. The maximum Gasteiger partial charge on any atom is 0.244 e. The van der Waals surface area contributed by atoms with Crippen molar-refractivity contribution in [1.82, 2.24) is 5.32 Å². The Morgan fingerprint density at radius 3 is 2.76 bits per heavy atom. The summed E-state index contributed by atoms with van der Waals surface area (Å²) in [6.07, 6.45) is 3.17. The molecule has 0 aromatic heterocycles. The van der Waals surface area contributed by atoms with E-state index in [1.165, 1.54) is 13.2 Å². The first-order valence-corrected chi connectivity index (χ1v) is 7.82. The summed E-state index contributed by atoms with van der Waals surface area (Å²) in [6.45, 7) is 2.45. The molecule has 0 spiro atoms. The molecule has 0 aliphatic rings. The SMILES string of the molecule is COc1cc(/C=C/C(=O)NCc2ccccc2C)ccc1OCC#N. The second-order valence-electron chi connectivity index (χ2n) is 5.33. The van der Waals surface area contributed by atoms with Crippen molar-refractivity contribution in [3.8, 4) is 17.6 Å². The van der Waals surface area contributed by atoms with Gasteiger partial charge in [-0.2, -0.15) is 5.26 Å². The highest BCUT2D eigenvalue weighted by Gasteiger charge is 2.05. The molecule has 0 fully saturated rings. The zero-order chi connectivity index (χ0) is 18.1. The molecule has 0 saturated heterocycles. The molecule has 2 aromatic rings. The number of amides is 1. The minimum atomic E-state index is -0.174. The van der Waals surface area contributed by atoms with Gasteiger partial charge in [-0.25, -0.2) is 0 Å². The molecule has 0 radical (unpaired) electrons. The summed E-state index contributed by atoms with van der Waals surface area (Å²) in [6, 6.07) is 15.1. The lowest BCUT2D eigenvalue weighted by atomic mass is 10.1. The van der Waals surface area contributed by atoms with Crippen LogP contribution in [0.25, 0.3) is 6.08 Å². The highest BCUT2D eigenvalue weighted by molar-refractivity contribution is 5.91. The molecular weight excluding hydrogens is 316 g/mol. The number of nitrogens with one attached hydrogen (secondary N) is 1. The van der Waals surface area contributed by atoms with E-state index in [0.717, 1.165) is 16.7 Å². The lowest BCUT2D eigenvalue weighted by molar-refractivity contribution is -0.116. The first-order chi connectivity index (χ1) is 12.1. The molecule has 1 N–H and O–H groups in total. The molecule has 0 atom stereocenters. The van der Waals surface area contributed by atoms with Gasteiger partial charge in [0, 0.05) is 12.6 Å². The van der Waals surface area contributed by atoms with Crippen molar-refractivity contribution in [3.05, 3.63) is 65.2 Å². The highest BCUT2D eigenvalue weighted by Crippen LogP contribution is 2.28. The fourth-order valence-electron chi connectivity index (χ4n) is 2.24. The Morgan fingerprint density at radius 2 is 2.04 bits per heavy atom. The number of ether oxygens (including phenoxy) is 2. The van der Waals surface area contributed by atoms with Crippen LogP contribution in [0.3, 0.4) is 0 Å². The molecule has 0 heterocycles. The third-order valence-electron chi connectivity index (χ3n) is 3.62. The zero-order valence-corrected chi connectivity index (χ0v) is 14.3. The van der Waals surface area contributed by atoms with Crippen LogP contribution in [0.5, 0.6) is 11.5 Å². The van der Waals surface area contributed by atoms with Gasteiger partial charge in [-0.05, 0) is 41.8 Å². The molecule has 1 amide bonds. The summed E-state index contributed by atoms with van der Waals surface area (Å²) < 4.78 is 10.5. The highest BCUT2D eigenvalue weighted by atomic mass is 16.5. The largest absolute Gasteiger partial charge is 0.493 e. The van der Waals surface area contributed by atoms with Crippen molar-refractivity contribution >= 4 is 12.0 Å². The number of nitriles is 1. The van der Waals surface area contributed by atoms with Crippen LogP contribution in [0.15, 0.2) is 48.5 Å². The van der Waals surface area contributed by atoms with Gasteiger partial charge < -0.3 is 14.8 Å². The van der Waals surface area contributed by atoms with Crippen LogP contribution in [-0.4, -0.2) is 19.6 Å². The van der Waals surface area contributed by atoms with Crippen molar-refractivity contribution in [2.75, 3.05) is 13.7 Å². The molecule has 0 aliphatic heterocycles. The van der Waals surface area contributed by atoms with E-state index in [4.69, 9.17) is 14.7 Å². The number of aryl methyl sites for hydroxylation is 1. The van der Waals surface area contributed by atoms with Gasteiger partial charge in [0.25, 0.3) is 0 Å². The summed E-state index contributed by atoms with van der Waals surface area (Å²) in [5, 5.41) is 11.4. The van der Waals surface area contributed by atoms with Crippen LogP contribution < -0.4 is 14.8 Å². The summed E-state index contributed by atoms with van der Waals surface area (Å²) >= 11 is 0. The normalized spacial score (nSPS) is 10.3. The van der Waals surface area contributed by atoms with Gasteiger partial charge in [-0.1, -0.05) is 30.3 Å². The summed E-state index contributed by atoms with van der Waals surface area (Å²) in [7, 11) is 1.52. The van der Waals surface area contributed by atoms with Crippen molar-refractivity contribution in [3.63, 3.8) is 0 Å². The van der Waals surface area contributed by atoms with Gasteiger partial charge in [0.05, 0.1) is 7.11 Å². The first-order valence-electron chi connectivity index (χ1n) is 7.82. The predicted octanol–water partition coefficient (Wildman–Crippen LogP) is 3.24. The van der Waals surface area contributed by atoms with Crippen molar-refractivity contribution in [2.45, 2.75) is 13.5 Å². The minimum absolute atomic E-state index is 0.0488. The summed E-state index contributed by atoms with van der Waals surface area (Å²) in [4.78, 5) is 12.0. The average Bonchev–Trinajstić information content (AvgIpc) is 2.64. The molecule has 5 heteroatoms. The van der Waals surface area contributed by atoms with E-state index in [-0.39, 0.29) is 12.5 Å². The molecule has 0 aliphatic carbocycles. The van der Waals surface area contributed by atoms with Crippen LogP contribution in [0.4, 0.5) is 0 Å². The molecule has 2 rings (SSSR count). The third-order valence-corrected chi connectivity index (χ3v) is 3.62. The van der Waals surface area contributed by atoms with E-state index in [1.54, 1.807) is 24.3 Å². The molecule has 5 nitrogen and oxygen atoms in total. The second kappa shape index (κ2) is 9.14. The van der Waals surface area contributed by atoms with Crippen LogP contribution in [0.2, 0.25) is 0 Å². The smallest absolute Gasteiger partial charge is 0.244 e. The van der Waals surface area contributed by atoms with E-state index in [2.05, 4.69) is 5.32 Å². The Labute approximate surface area is 147 Å². The average molecular weight is 336 g/mol. The van der Waals surface area contributed by atoms with Gasteiger partial charge in [0.2, 0.25) is 5.91 Å². The Kier molecular flexibility index (Phi) is 6.61. The number of nitrogens with zero attached hydrogens (tertiary/aromatic N) is 1. The monoisotopic (exact) mass is 336 g/mol. The van der Waals surface area contributed by atoms with E-state index < -0.39 is 0 Å². The van der Waals surface area contributed by atoms with Crippen molar-refractivity contribution in [2.24, 2.45) is 0 Å². The number of carbonyl (C=O) groups excluding carboxylic acids is 1. The van der Waals surface area contributed by atoms with Crippen molar-refractivity contribution in [1.29, 1.82) is 5.26 Å². The molecule has 0 unspecified atom stereocenters. The third kappa shape index (κ3) is 5.40. The number of benzene rings is 2. The Morgan fingerprint density at radius 1 is 1.24 bits per heavy atom. The topological polar surface area (TPSA) is 71.3 Å². The lowest BCUT2D eigenvalue weighted by Gasteiger charge is -2.09. The number of carbonyl (C=O) groups is 1. The van der Waals surface area contributed by atoms with Crippen LogP contribution in [0.1, 0.15) is 16.7 Å². The Hall–Kier alpha value is -3.26. The van der Waals surface area contributed by atoms with E-state index in [9.17, 15) is 4.79 Å². The standard InChI is InChI=1S/C20H20N2O3/c1-15-5-3-4-6-17(15)14-22-20(23)10-8-16-7-9-18(25-12-11-21)19(13-16)24-2/h3-10,13H,12,14H2,1-2H3,(H,22,23)/b10-8+. The zero-order valence-electron chi connectivity index (χ0n) is 14.3. The quantitative estimate of drug-likeness (QED) is 0.788. The second-order valence-corrected chi connectivity index (χ2v) is 5.33. The van der Waals surface area contributed by atoms with Gasteiger partial charge in [0.1, 0.15) is 6.07 Å². The Balaban J connectivity index is 1.97. The van der Waals surface area contributed by atoms with Gasteiger partial charge in [0.15, 0.2) is 18.1 Å². The maximum absolute atomic E-state index is 12.0. The molecule has 128 valence electrons. The number of methoxy groups -OCH3 is 1. The molecular formula is C20H20N2O3. The molecule has 0 saturated carbocycles. The number of hydrogen-bond acceptors (Lipinski definition) is 4. The summed E-state index contributed by atoms with van der Waals surface area (Å²) in [5.41, 5.74) is 3.03. The Bertz CT molecular complexity index is 807. The van der Waals surface area contributed by atoms with E-state index in [1.807, 2.05) is 37.3 Å². The van der Waals surface area contributed by atoms with Gasteiger partial charge in [-0.15, -0.1) is 0 Å². The van der Waals surface area contributed by atoms with E-state index in [0.29, 0.717) is 18.0 Å². The fourth-order valence-corrected chi connectivity index (χ4v) is 2.24. The molecule has 25 heavy (non-hydrogen) atoms. The molecule has 2 aromatic carbocycles. The minimum Gasteiger partial charge on any atom is -0.493 e. The van der Waals surface area contributed by atoms with Gasteiger partial charge >= 0.3 is 0 Å². The van der Waals surface area contributed by atoms with Crippen LogP contribution in [-0.2, 0) is 11.3 Å². The van der Waals surface area contributed by atoms with E-state index >= 15 is 0 Å². The number of rotatable bonds is 7. The summed E-state index contributed by atoms with van der Waals surface area (Å²) in [5.74, 6) is 0.829.